The van der Waals surface area contributed by atoms with Gasteiger partial charge in [0.25, 0.3) is 11.8 Å². The fourth-order valence-electron chi connectivity index (χ4n) is 2.52. The minimum absolute atomic E-state index is 0.105. The number of ether oxygens (including phenoxy) is 2. The van der Waals surface area contributed by atoms with Crippen molar-refractivity contribution in [3.63, 3.8) is 0 Å². The Kier molecular flexibility index (Phi) is 6.33. The molecular weight excluding hydrogens is 380 g/mol. The predicted octanol–water partition coefficient (Wildman–Crippen LogP) is 2.74. The lowest BCUT2D eigenvalue weighted by Gasteiger charge is -2.08. The summed E-state index contributed by atoms with van der Waals surface area (Å²) in [4.78, 5) is 40.3. The van der Waals surface area contributed by atoms with Crippen molar-refractivity contribution in [2.75, 3.05) is 13.7 Å². The molecule has 0 atom stereocenters. The highest BCUT2D eigenvalue weighted by Crippen LogP contribution is 2.22. The number of imide groups is 1. The van der Waals surface area contributed by atoms with Gasteiger partial charge in [0.1, 0.15) is 5.75 Å². The normalized spacial score (nSPS) is 10.5. The van der Waals surface area contributed by atoms with E-state index in [4.69, 9.17) is 9.47 Å². The minimum atomic E-state index is -0.704. The van der Waals surface area contributed by atoms with Crippen LogP contribution in [-0.4, -0.2) is 36.5 Å². The summed E-state index contributed by atoms with van der Waals surface area (Å²) >= 11 is 1.52. The van der Waals surface area contributed by atoms with Gasteiger partial charge in [0.15, 0.2) is 6.61 Å². The second-order valence-corrected chi connectivity index (χ2v) is 6.93. The molecule has 2 aromatic carbocycles. The van der Waals surface area contributed by atoms with Crippen molar-refractivity contribution in [2.24, 2.45) is 0 Å². The molecule has 0 bridgehead atoms. The van der Waals surface area contributed by atoms with E-state index in [2.05, 4.69) is 10.3 Å². The largest absolute Gasteiger partial charge is 0.496 e. The zero-order valence-electron chi connectivity index (χ0n) is 15.1. The molecule has 1 aromatic heterocycles. The van der Waals surface area contributed by atoms with E-state index in [1.54, 1.807) is 18.2 Å². The number of esters is 1. The molecule has 0 fully saturated rings. The van der Waals surface area contributed by atoms with Gasteiger partial charge in [0.05, 0.1) is 34.3 Å². The summed E-state index contributed by atoms with van der Waals surface area (Å²) in [5.41, 5.74) is 1.12. The lowest BCUT2D eigenvalue weighted by atomic mass is 10.2. The van der Waals surface area contributed by atoms with Crippen molar-refractivity contribution in [2.45, 2.75) is 12.8 Å². The number of thiazole rings is 1. The van der Waals surface area contributed by atoms with E-state index in [0.29, 0.717) is 12.2 Å². The van der Waals surface area contributed by atoms with E-state index < -0.39 is 24.4 Å². The second kappa shape index (κ2) is 9.09. The summed E-state index contributed by atoms with van der Waals surface area (Å²) in [7, 11) is 1.43. The molecule has 2 amide bonds. The van der Waals surface area contributed by atoms with Crippen LogP contribution in [0.3, 0.4) is 0 Å². The Bertz CT molecular complexity index is 982. The number of fused-ring (bicyclic) bond motifs is 1. The Hall–Kier alpha value is -3.26. The Morgan fingerprint density at radius 2 is 1.82 bits per heavy atom. The topological polar surface area (TPSA) is 94.6 Å². The van der Waals surface area contributed by atoms with Gasteiger partial charge in [-0.25, -0.2) is 4.98 Å². The summed E-state index contributed by atoms with van der Waals surface area (Å²) in [6, 6.07) is 14.2. The third kappa shape index (κ3) is 4.92. The molecular formula is C20H18N2O5S. The van der Waals surface area contributed by atoms with Crippen molar-refractivity contribution in [1.82, 2.24) is 10.3 Å². The number of nitrogens with one attached hydrogen (secondary N) is 1. The Labute approximate surface area is 165 Å². The van der Waals surface area contributed by atoms with Crippen LogP contribution in [0.1, 0.15) is 21.8 Å². The maximum Gasteiger partial charge on any atom is 0.306 e. The number of aromatic nitrogens is 1. The third-order valence-electron chi connectivity index (χ3n) is 3.85. The van der Waals surface area contributed by atoms with Gasteiger partial charge >= 0.3 is 5.97 Å². The highest BCUT2D eigenvalue weighted by molar-refractivity contribution is 7.18. The number of benzene rings is 2. The molecule has 8 heteroatoms. The molecule has 0 aliphatic heterocycles. The first-order chi connectivity index (χ1) is 13.6. The number of hydrogen-bond donors (Lipinski definition) is 1. The van der Waals surface area contributed by atoms with Crippen LogP contribution < -0.4 is 10.1 Å². The summed E-state index contributed by atoms with van der Waals surface area (Å²) < 4.78 is 11.1. The van der Waals surface area contributed by atoms with Gasteiger partial charge in [-0.15, -0.1) is 11.3 Å². The van der Waals surface area contributed by atoms with Crippen LogP contribution in [0.4, 0.5) is 0 Å². The molecule has 28 heavy (non-hydrogen) atoms. The molecule has 0 unspecified atom stereocenters. The highest BCUT2D eigenvalue weighted by Gasteiger charge is 2.16. The number of para-hydroxylation sites is 2. The fourth-order valence-corrected chi connectivity index (χ4v) is 3.48. The molecule has 144 valence electrons. The van der Waals surface area contributed by atoms with Crippen LogP contribution in [-0.2, 0) is 20.7 Å². The average molecular weight is 398 g/mol. The van der Waals surface area contributed by atoms with Gasteiger partial charge in [0.2, 0.25) is 0 Å². The molecule has 3 rings (SSSR count). The quantitative estimate of drug-likeness (QED) is 0.615. The molecule has 0 spiro atoms. The maximum absolute atomic E-state index is 12.1. The van der Waals surface area contributed by atoms with Crippen LogP contribution in [0.2, 0.25) is 0 Å². The molecule has 7 nitrogen and oxygen atoms in total. The molecule has 0 saturated heterocycles. The molecule has 0 saturated carbocycles. The first-order valence-electron chi connectivity index (χ1n) is 8.54. The maximum atomic E-state index is 12.1. The van der Waals surface area contributed by atoms with E-state index >= 15 is 0 Å². The highest BCUT2D eigenvalue weighted by atomic mass is 32.1. The summed E-state index contributed by atoms with van der Waals surface area (Å²) in [6.07, 6.45) is 0.535. The van der Waals surface area contributed by atoms with E-state index in [-0.39, 0.29) is 12.0 Å². The molecule has 3 aromatic rings. The number of hydrogen-bond acceptors (Lipinski definition) is 7. The van der Waals surface area contributed by atoms with E-state index in [9.17, 15) is 14.4 Å². The Balaban J connectivity index is 1.44. The predicted molar refractivity (Wildman–Crippen MR) is 104 cm³/mol. The van der Waals surface area contributed by atoms with Crippen molar-refractivity contribution >= 4 is 39.3 Å². The van der Waals surface area contributed by atoms with Crippen LogP contribution >= 0.6 is 11.3 Å². The van der Waals surface area contributed by atoms with Gasteiger partial charge in [0, 0.05) is 6.42 Å². The van der Waals surface area contributed by atoms with Crippen molar-refractivity contribution in [1.29, 1.82) is 0 Å². The molecule has 1 N–H and O–H groups in total. The van der Waals surface area contributed by atoms with Crippen LogP contribution in [0.15, 0.2) is 48.5 Å². The minimum Gasteiger partial charge on any atom is -0.496 e. The van der Waals surface area contributed by atoms with E-state index in [1.165, 1.54) is 24.5 Å². The van der Waals surface area contributed by atoms with Gasteiger partial charge in [-0.2, -0.15) is 0 Å². The third-order valence-corrected chi connectivity index (χ3v) is 4.95. The molecule has 0 aliphatic rings. The summed E-state index contributed by atoms with van der Waals surface area (Å²) in [6.45, 7) is -0.528. The van der Waals surface area contributed by atoms with Gasteiger partial charge in [-0.05, 0) is 24.3 Å². The summed E-state index contributed by atoms with van der Waals surface area (Å²) in [5, 5.41) is 3.00. The summed E-state index contributed by atoms with van der Waals surface area (Å²) in [5.74, 6) is -1.50. The van der Waals surface area contributed by atoms with Crippen LogP contribution in [0, 0.1) is 0 Å². The number of amides is 2. The smallest absolute Gasteiger partial charge is 0.306 e. The standard InChI is InChI=1S/C20H18N2O5S/c1-26-15-8-4-2-6-13(15)20(25)22-17(23)12-27-19(24)11-10-18-21-14-7-3-5-9-16(14)28-18/h2-9H,10-12H2,1H3,(H,22,23,25). The van der Waals surface area contributed by atoms with Crippen molar-refractivity contribution in [3.8, 4) is 5.75 Å². The number of rotatable bonds is 7. The first-order valence-corrected chi connectivity index (χ1v) is 9.35. The number of aryl methyl sites for hydroxylation is 1. The molecule has 0 aliphatic carbocycles. The van der Waals surface area contributed by atoms with Crippen molar-refractivity contribution < 1.29 is 23.9 Å². The number of carbonyl (C=O) groups is 3. The lowest BCUT2D eigenvalue weighted by molar-refractivity contribution is -0.148. The molecule has 1 heterocycles. The second-order valence-electron chi connectivity index (χ2n) is 5.81. The van der Waals surface area contributed by atoms with Gasteiger partial charge < -0.3 is 9.47 Å². The van der Waals surface area contributed by atoms with E-state index in [0.717, 1.165) is 15.2 Å². The number of methoxy groups -OCH3 is 1. The zero-order chi connectivity index (χ0) is 19.9. The average Bonchev–Trinajstić information content (AvgIpc) is 3.13. The van der Waals surface area contributed by atoms with Crippen LogP contribution in [0.5, 0.6) is 5.75 Å². The Morgan fingerprint density at radius 1 is 1.07 bits per heavy atom. The number of carbonyl (C=O) groups excluding carboxylic acids is 3. The molecule has 0 radical (unpaired) electrons. The number of nitrogens with zero attached hydrogens (tertiary/aromatic N) is 1. The first kappa shape index (κ1) is 19.5. The SMILES string of the molecule is COc1ccccc1C(=O)NC(=O)COC(=O)CCc1nc2ccccc2s1. The van der Waals surface area contributed by atoms with Gasteiger partial charge in [-0.1, -0.05) is 24.3 Å². The monoisotopic (exact) mass is 398 g/mol. The Morgan fingerprint density at radius 3 is 2.61 bits per heavy atom. The van der Waals surface area contributed by atoms with Gasteiger partial charge in [-0.3, -0.25) is 19.7 Å². The lowest BCUT2D eigenvalue weighted by Crippen LogP contribution is -2.34. The van der Waals surface area contributed by atoms with Crippen LogP contribution in [0.25, 0.3) is 10.2 Å². The van der Waals surface area contributed by atoms with Crippen molar-refractivity contribution in [3.05, 3.63) is 59.1 Å². The zero-order valence-corrected chi connectivity index (χ0v) is 16.0. The van der Waals surface area contributed by atoms with E-state index in [1.807, 2.05) is 24.3 Å². The fraction of sp³-hybridized carbons (Fsp3) is 0.200.